The molecule has 3 rings (SSSR count). The molecule has 0 aromatic heterocycles. The zero-order valence-corrected chi connectivity index (χ0v) is 13.4. The third-order valence-corrected chi connectivity index (χ3v) is 4.69. The van der Waals surface area contributed by atoms with E-state index >= 15 is 0 Å². The highest BCUT2D eigenvalue weighted by atomic mass is 16.3. The molecule has 0 aliphatic carbocycles. The van der Waals surface area contributed by atoms with Crippen LogP contribution in [0.1, 0.15) is 42.2 Å². The topological polar surface area (TPSA) is 40.5 Å². The lowest BCUT2D eigenvalue weighted by molar-refractivity contribution is -0.121. The number of anilines is 1. The number of benzene rings is 2. The Morgan fingerprint density at radius 2 is 1.82 bits per heavy atom. The minimum Gasteiger partial charge on any atom is -0.384 e. The van der Waals surface area contributed by atoms with Crippen LogP contribution in [-0.4, -0.2) is 18.1 Å². The fourth-order valence-electron chi connectivity index (χ4n) is 3.23. The summed E-state index contributed by atoms with van der Waals surface area (Å²) < 4.78 is 0. The maximum absolute atomic E-state index is 12.4. The maximum atomic E-state index is 12.4. The number of aryl methyl sites for hydroxylation is 1. The summed E-state index contributed by atoms with van der Waals surface area (Å²) in [6.07, 6.45) is -0.677. The van der Waals surface area contributed by atoms with Gasteiger partial charge >= 0.3 is 0 Å². The second-order valence-electron chi connectivity index (χ2n) is 6.52. The summed E-state index contributed by atoms with van der Waals surface area (Å²) in [4.78, 5) is 14.0. The molecule has 0 bridgehead atoms. The van der Waals surface area contributed by atoms with Crippen molar-refractivity contribution in [1.29, 1.82) is 0 Å². The summed E-state index contributed by atoms with van der Waals surface area (Å²) in [6.45, 7) is 5.86. The van der Waals surface area contributed by atoms with Crippen LogP contribution < -0.4 is 4.90 Å². The number of rotatable bonds is 2. The SMILES string of the molecule is Cc1ccccc1C(O)c1ccc2c(c1)C(C)(C)C(=O)N2C. The third kappa shape index (κ3) is 2.04. The van der Waals surface area contributed by atoms with E-state index in [0.717, 1.165) is 27.9 Å². The predicted octanol–water partition coefficient (Wildman–Crippen LogP) is 3.33. The van der Waals surface area contributed by atoms with E-state index in [2.05, 4.69) is 0 Å². The molecule has 0 saturated carbocycles. The number of hydrogen-bond acceptors (Lipinski definition) is 2. The Hall–Kier alpha value is -2.13. The average molecular weight is 295 g/mol. The van der Waals surface area contributed by atoms with E-state index in [1.807, 2.05) is 63.2 Å². The van der Waals surface area contributed by atoms with Gasteiger partial charge < -0.3 is 10.0 Å². The number of fused-ring (bicyclic) bond motifs is 1. The highest BCUT2D eigenvalue weighted by molar-refractivity contribution is 6.07. The molecule has 1 N–H and O–H groups in total. The number of likely N-dealkylation sites (N-methyl/N-ethyl adjacent to an activating group) is 1. The second kappa shape index (κ2) is 4.96. The number of nitrogens with zero attached hydrogens (tertiary/aromatic N) is 1. The third-order valence-electron chi connectivity index (χ3n) is 4.69. The Labute approximate surface area is 131 Å². The molecule has 3 nitrogen and oxygen atoms in total. The fraction of sp³-hybridized carbons (Fsp3) is 0.316. The summed E-state index contributed by atoms with van der Waals surface area (Å²) in [5, 5.41) is 10.7. The minimum atomic E-state index is -0.677. The van der Waals surface area contributed by atoms with Crippen molar-refractivity contribution >= 4 is 11.6 Å². The summed E-state index contributed by atoms with van der Waals surface area (Å²) in [5.41, 5.74) is 4.14. The van der Waals surface area contributed by atoms with Crippen molar-refractivity contribution in [3.8, 4) is 0 Å². The Bertz CT molecular complexity index is 749. The number of aliphatic hydroxyl groups excluding tert-OH is 1. The van der Waals surface area contributed by atoms with Gasteiger partial charge in [0.2, 0.25) is 5.91 Å². The number of hydrogen-bond donors (Lipinski definition) is 1. The molecule has 0 saturated heterocycles. The molecular weight excluding hydrogens is 274 g/mol. The first-order valence-electron chi connectivity index (χ1n) is 7.50. The van der Waals surface area contributed by atoms with Gasteiger partial charge in [0.1, 0.15) is 6.10 Å². The van der Waals surface area contributed by atoms with Gasteiger partial charge in [-0.05, 0) is 55.2 Å². The van der Waals surface area contributed by atoms with Gasteiger partial charge in [0.05, 0.1) is 5.41 Å². The van der Waals surface area contributed by atoms with Gasteiger partial charge in [-0.15, -0.1) is 0 Å². The fourth-order valence-corrected chi connectivity index (χ4v) is 3.23. The molecule has 0 spiro atoms. The Morgan fingerprint density at radius 1 is 1.14 bits per heavy atom. The van der Waals surface area contributed by atoms with Crippen LogP contribution in [0, 0.1) is 6.92 Å². The first kappa shape index (κ1) is 14.8. The molecule has 1 atom stereocenters. The van der Waals surface area contributed by atoms with Crippen LogP contribution >= 0.6 is 0 Å². The van der Waals surface area contributed by atoms with E-state index in [1.54, 1.807) is 11.9 Å². The minimum absolute atomic E-state index is 0.0880. The second-order valence-corrected chi connectivity index (χ2v) is 6.52. The number of amides is 1. The molecule has 2 aromatic carbocycles. The van der Waals surface area contributed by atoms with Gasteiger partial charge in [0.15, 0.2) is 0 Å². The smallest absolute Gasteiger partial charge is 0.236 e. The quantitative estimate of drug-likeness (QED) is 0.923. The van der Waals surface area contributed by atoms with Gasteiger partial charge in [0.25, 0.3) is 0 Å². The van der Waals surface area contributed by atoms with Crippen molar-refractivity contribution in [2.24, 2.45) is 0 Å². The van der Waals surface area contributed by atoms with Crippen LogP contribution in [0.5, 0.6) is 0 Å². The van der Waals surface area contributed by atoms with Crippen molar-refractivity contribution in [3.63, 3.8) is 0 Å². The van der Waals surface area contributed by atoms with E-state index < -0.39 is 11.5 Å². The predicted molar refractivity (Wildman–Crippen MR) is 88.1 cm³/mol. The monoisotopic (exact) mass is 295 g/mol. The standard InChI is InChI=1S/C19H21NO2/c1-12-7-5-6-8-14(12)17(21)13-9-10-16-15(11-13)19(2,3)18(22)20(16)4/h5-11,17,21H,1-4H3. The van der Waals surface area contributed by atoms with Crippen LogP contribution in [0.4, 0.5) is 5.69 Å². The average Bonchev–Trinajstić information content (AvgIpc) is 2.68. The highest BCUT2D eigenvalue weighted by Crippen LogP contribution is 2.42. The van der Waals surface area contributed by atoms with E-state index in [1.165, 1.54) is 0 Å². The normalized spacial score (nSPS) is 17.5. The van der Waals surface area contributed by atoms with Crippen LogP contribution in [-0.2, 0) is 10.2 Å². The molecule has 1 aliphatic rings. The van der Waals surface area contributed by atoms with E-state index in [-0.39, 0.29) is 5.91 Å². The van der Waals surface area contributed by atoms with E-state index in [0.29, 0.717) is 0 Å². The molecule has 22 heavy (non-hydrogen) atoms. The van der Waals surface area contributed by atoms with Crippen LogP contribution in [0.3, 0.4) is 0 Å². The molecule has 1 heterocycles. The lowest BCUT2D eigenvalue weighted by Crippen LogP contribution is -2.33. The molecule has 1 unspecified atom stereocenters. The maximum Gasteiger partial charge on any atom is 0.236 e. The molecule has 0 fully saturated rings. The molecule has 0 radical (unpaired) electrons. The summed E-state index contributed by atoms with van der Waals surface area (Å²) in [6, 6.07) is 13.6. The van der Waals surface area contributed by atoms with Gasteiger partial charge in [0, 0.05) is 12.7 Å². The number of aliphatic hydroxyl groups is 1. The van der Waals surface area contributed by atoms with Crippen LogP contribution in [0.15, 0.2) is 42.5 Å². The van der Waals surface area contributed by atoms with E-state index in [4.69, 9.17) is 0 Å². The van der Waals surface area contributed by atoms with Crippen LogP contribution in [0.25, 0.3) is 0 Å². The van der Waals surface area contributed by atoms with Gasteiger partial charge in [-0.25, -0.2) is 0 Å². The zero-order valence-electron chi connectivity index (χ0n) is 13.4. The summed E-state index contributed by atoms with van der Waals surface area (Å²) >= 11 is 0. The van der Waals surface area contributed by atoms with Crippen molar-refractivity contribution < 1.29 is 9.90 Å². The Morgan fingerprint density at radius 3 is 2.50 bits per heavy atom. The molecule has 114 valence electrons. The van der Waals surface area contributed by atoms with Crippen molar-refractivity contribution in [3.05, 3.63) is 64.7 Å². The van der Waals surface area contributed by atoms with Crippen molar-refractivity contribution in [2.45, 2.75) is 32.3 Å². The molecule has 1 amide bonds. The van der Waals surface area contributed by atoms with E-state index in [9.17, 15) is 9.90 Å². The first-order chi connectivity index (χ1) is 10.3. The van der Waals surface area contributed by atoms with Gasteiger partial charge in [-0.3, -0.25) is 4.79 Å². The first-order valence-corrected chi connectivity index (χ1v) is 7.50. The highest BCUT2D eigenvalue weighted by Gasteiger charge is 2.42. The van der Waals surface area contributed by atoms with Crippen molar-refractivity contribution in [2.75, 3.05) is 11.9 Å². The lowest BCUT2D eigenvalue weighted by atomic mass is 9.84. The number of carbonyl (C=O) groups excluding carboxylic acids is 1. The molecule has 1 aliphatic heterocycles. The molecular formula is C19H21NO2. The van der Waals surface area contributed by atoms with Gasteiger partial charge in [-0.1, -0.05) is 30.3 Å². The van der Waals surface area contributed by atoms with Gasteiger partial charge in [-0.2, -0.15) is 0 Å². The van der Waals surface area contributed by atoms with Crippen molar-refractivity contribution in [1.82, 2.24) is 0 Å². The zero-order chi connectivity index (χ0) is 16.1. The largest absolute Gasteiger partial charge is 0.384 e. The summed E-state index contributed by atoms with van der Waals surface area (Å²) in [7, 11) is 1.80. The molecule has 2 aromatic rings. The molecule has 3 heteroatoms. The Kier molecular flexibility index (Phi) is 3.33. The lowest BCUT2D eigenvalue weighted by Gasteiger charge is -2.19. The number of carbonyl (C=O) groups is 1. The summed E-state index contributed by atoms with van der Waals surface area (Å²) in [5.74, 6) is 0.0880. The van der Waals surface area contributed by atoms with Crippen LogP contribution in [0.2, 0.25) is 0 Å². The Balaban J connectivity index is 2.08.